The molecule has 1 unspecified atom stereocenters. The number of aromatic nitrogens is 4. The van der Waals surface area contributed by atoms with Gasteiger partial charge in [-0.25, -0.2) is 4.68 Å². The zero-order valence-corrected chi connectivity index (χ0v) is 10.8. The number of tetrazole rings is 1. The molecule has 2 N–H and O–H groups in total. The van der Waals surface area contributed by atoms with E-state index in [4.69, 9.17) is 0 Å². The predicted octanol–water partition coefficient (Wildman–Crippen LogP) is 0.263. The molecule has 1 aliphatic heterocycles. The van der Waals surface area contributed by atoms with Crippen molar-refractivity contribution >= 4 is 23.4 Å². The summed E-state index contributed by atoms with van der Waals surface area (Å²) in [5.41, 5.74) is 1.54. The van der Waals surface area contributed by atoms with Gasteiger partial charge in [0.1, 0.15) is 6.33 Å². The van der Waals surface area contributed by atoms with Crippen molar-refractivity contribution in [3.8, 4) is 5.69 Å². The van der Waals surface area contributed by atoms with Crippen LogP contribution >= 0.6 is 11.8 Å². The van der Waals surface area contributed by atoms with E-state index in [2.05, 4.69) is 26.2 Å². The highest BCUT2D eigenvalue weighted by atomic mass is 32.2. The highest BCUT2D eigenvalue weighted by Crippen LogP contribution is 2.15. The molecule has 7 nitrogen and oxygen atoms in total. The third kappa shape index (κ3) is 2.74. The van der Waals surface area contributed by atoms with Gasteiger partial charge in [0.2, 0.25) is 5.91 Å². The van der Waals surface area contributed by atoms with Gasteiger partial charge in [-0.1, -0.05) is 6.07 Å². The van der Waals surface area contributed by atoms with Crippen LogP contribution in [0.3, 0.4) is 0 Å². The molecule has 1 aromatic heterocycles. The van der Waals surface area contributed by atoms with Gasteiger partial charge >= 0.3 is 0 Å². The molecule has 0 saturated carbocycles. The first kappa shape index (κ1) is 12.1. The predicted molar refractivity (Wildman–Crippen MR) is 72.0 cm³/mol. The normalized spacial score (nSPS) is 18.4. The van der Waals surface area contributed by atoms with E-state index in [0.717, 1.165) is 23.0 Å². The summed E-state index contributed by atoms with van der Waals surface area (Å²) in [6.07, 6.45) is 1.51. The number of thioether (sulfide) groups is 1. The molecule has 0 spiro atoms. The number of nitrogens with zero attached hydrogens (tertiary/aromatic N) is 4. The fraction of sp³-hybridized carbons (Fsp3) is 0.273. The number of hydrogen-bond donors (Lipinski definition) is 2. The molecular weight excluding hydrogens is 264 g/mol. The Balaban J connectivity index is 1.74. The fourth-order valence-electron chi connectivity index (χ4n) is 1.80. The second-order valence-corrected chi connectivity index (χ2v) is 5.10. The Morgan fingerprint density at radius 3 is 3.21 bits per heavy atom. The van der Waals surface area contributed by atoms with Gasteiger partial charge in [0.05, 0.1) is 11.7 Å². The third-order valence-corrected chi connectivity index (χ3v) is 3.70. The SMILES string of the molecule is O=C(Nc1cccc(-n2cnnn2)c1)C1CSCN1. The van der Waals surface area contributed by atoms with E-state index in [-0.39, 0.29) is 11.9 Å². The Kier molecular flexibility index (Phi) is 3.43. The minimum atomic E-state index is -0.123. The Morgan fingerprint density at radius 1 is 1.53 bits per heavy atom. The van der Waals surface area contributed by atoms with E-state index in [0.29, 0.717) is 0 Å². The van der Waals surface area contributed by atoms with Crippen molar-refractivity contribution in [1.29, 1.82) is 0 Å². The number of carbonyl (C=O) groups is 1. The van der Waals surface area contributed by atoms with Crippen molar-refractivity contribution in [3.05, 3.63) is 30.6 Å². The van der Waals surface area contributed by atoms with Gasteiger partial charge in [0.25, 0.3) is 0 Å². The average molecular weight is 276 g/mol. The van der Waals surface area contributed by atoms with Gasteiger partial charge in [-0.2, -0.15) is 0 Å². The molecule has 1 fully saturated rings. The topological polar surface area (TPSA) is 84.7 Å². The summed E-state index contributed by atoms with van der Waals surface area (Å²) in [6.45, 7) is 0. The molecule has 8 heteroatoms. The molecule has 98 valence electrons. The Bertz CT molecular complexity index is 566. The van der Waals surface area contributed by atoms with Gasteiger partial charge in [0.15, 0.2) is 0 Å². The van der Waals surface area contributed by atoms with Crippen LogP contribution in [0.4, 0.5) is 5.69 Å². The van der Waals surface area contributed by atoms with Crippen molar-refractivity contribution in [2.45, 2.75) is 6.04 Å². The lowest BCUT2D eigenvalue weighted by molar-refractivity contribution is -0.117. The van der Waals surface area contributed by atoms with E-state index in [9.17, 15) is 4.79 Å². The summed E-state index contributed by atoms with van der Waals surface area (Å²) in [5.74, 6) is 1.61. The van der Waals surface area contributed by atoms with Crippen LogP contribution in [0.25, 0.3) is 5.69 Å². The Labute approximate surface area is 113 Å². The average Bonchev–Trinajstić information content (AvgIpc) is 3.13. The number of nitrogens with one attached hydrogen (secondary N) is 2. The molecular formula is C11H12N6OS. The summed E-state index contributed by atoms with van der Waals surface area (Å²) in [7, 11) is 0. The molecule has 1 saturated heterocycles. The van der Waals surface area contributed by atoms with Gasteiger partial charge in [-0.15, -0.1) is 16.9 Å². The van der Waals surface area contributed by atoms with Crippen LogP contribution in [0, 0.1) is 0 Å². The lowest BCUT2D eigenvalue weighted by Crippen LogP contribution is -2.37. The molecule has 1 amide bonds. The molecule has 1 aromatic carbocycles. The first-order chi connectivity index (χ1) is 9.33. The second kappa shape index (κ2) is 5.37. The van der Waals surface area contributed by atoms with Gasteiger partial charge in [-0.05, 0) is 28.6 Å². The van der Waals surface area contributed by atoms with Crippen molar-refractivity contribution < 1.29 is 4.79 Å². The first-order valence-electron chi connectivity index (χ1n) is 5.78. The molecule has 2 aromatic rings. The van der Waals surface area contributed by atoms with Crippen molar-refractivity contribution in [3.63, 3.8) is 0 Å². The number of benzene rings is 1. The number of rotatable bonds is 3. The molecule has 3 rings (SSSR count). The number of carbonyl (C=O) groups excluding carboxylic acids is 1. The maximum absolute atomic E-state index is 12.0. The first-order valence-corrected chi connectivity index (χ1v) is 6.94. The summed E-state index contributed by atoms with van der Waals surface area (Å²) in [4.78, 5) is 12.0. The monoisotopic (exact) mass is 276 g/mol. The van der Waals surface area contributed by atoms with Crippen molar-refractivity contribution in [2.75, 3.05) is 16.9 Å². The van der Waals surface area contributed by atoms with E-state index in [1.54, 1.807) is 16.4 Å². The maximum Gasteiger partial charge on any atom is 0.242 e. The largest absolute Gasteiger partial charge is 0.325 e. The Morgan fingerprint density at radius 2 is 2.47 bits per heavy atom. The number of amides is 1. The summed E-state index contributed by atoms with van der Waals surface area (Å²) in [5, 5.41) is 17.0. The summed E-state index contributed by atoms with van der Waals surface area (Å²) >= 11 is 1.72. The third-order valence-electron chi connectivity index (χ3n) is 2.76. The van der Waals surface area contributed by atoms with Gasteiger partial charge in [0, 0.05) is 17.3 Å². The maximum atomic E-state index is 12.0. The number of hydrogen-bond acceptors (Lipinski definition) is 6. The molecule has 0 radical (unpaired) electrons. The van der Waals surface area contributed by atoms with E-state index in [1.165, 1.54) is 6.33 Å². The molecule has 1 atom stereocenters. The van der Waals surface area contributed by atoms with Crippen LogP contribution < -0.4 is 10.6 Å². The minimum absolute atomic E-state index is 0.0149. The summed E-state index contributed by atoms with van der Waals surface area (Å²) in [6, 6.07) is 7.27. The van der Waals surface area contributed by atoms with E-state index < -0.39 is 0 Å². The van der Waals surface area contributed by atoms with Crippen LogP contribution in [0.2, 0.25) is 0 Å². The van der Waals surface area contributed by atoms with Crippen molar-refractivity contribution in [2.24, 2.45) is 0 Å². The fourth-order valence-corrected chi connectivity index (χ4v) is 2.74. The van der Waals surface area contributed by atoms with Crippen LogP contribution in [-0.2, 0) is 4.79 Å². The summed E-state index contributed by atoms with van der Waals surface area (Å²) < 4.78 is 1.54. The smallest absolute Gasteiger partial charge is 0.242 e. The Hall–Kier alpha value is -1.93. The molecule has 0 bridgehead atoms. The number of anilines is 1. The molecule has 0 aliphatic carbocycles. The quantitative estimate of drug-likeness (QED) is 0.836. The molecule has 1 aliphatic rings. The highest BCUT2D eigenvalue weighted by molar-refractivity contribution is 7.99. The zero-order valence-electron chi connectivity index (χ0n) is 9.98. The second-order valence-electron chi connectivity index (χ2n) is 4.07. The van der Waals surface area contributed by atoms with Crippen LogP contribution in [0.1, 0.15) is 0 Å². The van der Waals surface area contributed by atoms with Gasteiger partial charge < -0.3 is 5.32 Å². The van der Waals surface area contributed by atoms with Crippen LogP contribution in [-0.4, -0.2) is 43.8 Å². The lowest BCUT2D eigenvalue weighted by Gasteiger charge is -2.11. The lowest BCUT2D eigenvalue weighted by atomic mass is 10.2. The molecule has 19 heavy (non-hydrogen) atoms. The van der Waals surface area contributed by atoms with Crippen molar-refractivity contribution in [1.82, 2.24) is 25.5 Å². The highest BCUT2D eigenvalue weighted by Gasteiger charge is 2.22. The zero-order chi connectivity index (χ0) is 13.1. The molecule has 2 heterocycles. The van der Waals surface area contributed by atoms with Crippen LogP contribution in [0.15, 0.2) is 30.6 Å². The minimum Gasteiger partial charge on any atom is -0.325 e. The van der Waals surface area contributed by atoms with Gasteiger partial charge in [-0.3, -0.25) is 10.1 Å². The van der Waals surface area contributed by atoms with E-state index in [1.807, 2.05) is 24.3 Å². The van der Waals surface area contributed by atoms with E-state index >= 15 is 0 Å². The van der Waals surface area contributed by atoms with Crippen LogP contribution in [0.5, 0.6) is 0 Å². The standard InChI is InChI=1S/C11H12N6OS/c18-11(10-5-19-7-12-10)14-8-2-1-3-9(4-8)17-6-13-15-16-17/h1-4,6,10,12H,5,7H2,(H,14,18).